The summed E-state index contributed by atoms with van der Waals surface area (Å²) in [4.78, 5) is 66.2. The molecule has 3 N–H and O–H groups in total. The first kappa shape index (κ1) is 20.8. The number of rotatable bonds is 5. The Labute approximate surface area is 167 Å². The van der Waals surface area contributed by atoms with Gasteiger partial charge in [-0.25, -0.2) is 14.2 Å². The fourth-order valence-electron chi connectivity index (χ4n) is 3.22. The lowest BCUT2D eigenvalue weighted by atomic mass is 10.2. The van der Waals surface area contributed by atoms with Gasteiger partial charge in [0.1, 0.15) is 0 Å². The number of terminal acetylenes is 1. The molecule has 0 radical (unpaired) electrons. The molecule has 158 valence electrons. The van der Waals surface area contributed by atoms with Crippen molar-refractivity contribution in [3.05, 3.63) is 20.8 Å². The van der Waals surface area contributed by atoms with Gasteiger partial charge in [0.05, 0.1) is 6.54 Å². The predicted molar refractivity (Wildman–Crippen MR) is 99.5 cm³/mol. The Kier molecular flexibility index (Phi) is 5.43. The Morgan fingerprint density at radius 1 is 1.40 bits per heavy atom. The molecular weight excluding hydrogens is 402 g/mol. The van der Waals surface area contributed by atoms with E-state index >= 15 is 0 Å². The van der Waals surface area contributed by atoms with Crippen LogP contribution < -0.4 is 16.6 Å². The van der Waals surface area contributed by atoms with E-state index in [-0.39, 0.29) is 30.1 Å². The molecule has 3 atom stereocenters. The lowest BCUT2D eigenvalue weighted by molar-refractivity contribution is -0.155. The number of H-pyrrole nitrogens is 1. The zero-order valence-corrected chi connectivity index (χ0v) is 15.9. The van der Waals surface area contributed by atoms with Crippen LogP contribution in [0.5, 0.6) is 0 Å². The number of carboxylic acid groups (broad SMARTS) is 1. The van der Waals surface area contributed by atoms with Crippen LogP contribution in [-0.2, 0) is 30.4 Å². The minimum atomic E-state index is -1.39. The SMILES string of the molecule is C#CCn1c(=O)n([C@@H]2O[C@H](C(=O)O)C[C@H]2OC(C)=O)c2nc(NC(C)=O)[nH]c(=O)c21. The number of aromatic amines is 1. The number of carbonyl (C=O) groups excluding carboxylic acids is 2. The first-order chi connectivity index (χ1) is 14.1. The Morgan fingerprint density at radius 2 is 2.10 bits per heavy atom. The summed E-state index contributed by atoms with van der Waals surface area (Å²) in [5, 5.41) is 11.6. The second kappa shape index (κ2) is 7.84. The van der Waals surface area contributed by atoms with Crippen LogP contribution in [0.3, 0.4) is 0 Å². The molecule has 3 heterocycles. The summed E-state index contributed by atoms with van der Waals surface area (Å²) >= 11 is 0. The van der Waals surface area contributed by atoms with E-state index in [0.29, 0.717) is 0 Å². The number of fused-ring (bicyclic) bond motifs is 1. The molecule has 3 rings (SSSR count). The molecule has 13 nitrogen and oxygen atoms in total. The first-order valence-corrected chi connectivity index (χ1v) is 8.65. The van der Waals surface area contributed by atoms with Crippen molar-refractivity contribution in [1.29, 1.82) is 0 Å². The highest BCUT2D eigenvalue weighted by molar-refractivity contribution is 5.87. The standard InChI is InChI=1S/C17H17N5O8/c1-4-5-21-11-12(19-16(18-7(2)23)20-13(11)25)22(17(21)28)14-9(29-8(3)24)6-10(30-14)15(26)27/h1,9-10,14H,5-6H2,2-3H3,(H,26,27)(H2,18,19,20,23,25)/t9-,10+,14-/m1/s1. The Balaban J connectivity index is 2.27. The van der Waals surface area contributed by atoms with E-state index in [4.69, 9.17) is 15.9 Å². The van der Waals surface area contributed by atoms with Crippen LogP contribution in [0.15, 0.2) is 9.59 Å². The van der Waals surface area contributed by atoms with Crippen LogP contribution in [0.2, 0.25) is 0 Å². The molecule has 0 aromatic carbocycles. The first-order valence-electron chi connectivity index (χ1n) is 8.65. The average Bonchev–Trinajstić information content (AvgIpc) is 3.14. The number of nitrogens with zero attached hydrogens (tertiary/aromatic N) is 3. The molecule has 13 heteroatoms. The third-order valence-corrected chi connectivity index (χ3v) is 4.27. The van der Waals surface area contributed by atoms with Crippen LogP contribution in [0.25, 0.3) is 11.2 Å². The number of hydrogen-bond acceptors (Lipinski definition) is 8. The van der Waals surface area contributed by atoms with Crippen molar-refractivity contribution in [2.45, 2.75) is 45.2 Å². The van der Waals surface area contributed by atoms with Crippen LogP contribution >= 0.6 is 0 Å². The van der Waals surface area contributed by atoms with E-state index in [0.717, 1.165) is 16.1 Å². The molecule has 1 amide bonds. The van der Waals surface area contributed by atoms with E-state index in [1.54, 1.807) is 0 Å². The van der Waals surface area contributed by atoms with Crippen LogP contribution in [0.1, 0.15) is 26.5 Å². The van der Waals surface area contributed by atoms with E-state index in [1.165, 1.54) is 6.92 Å². The topological polar surface area (TPSA) is 175 Å². The van der Waals surface area contributed by atoms with Crippen molar-refractivity contribution < 1.29 is 29.0 Å². The van der Waals surface area contributed by atoms with Gasteiger partial charge in [0.25, 0.3) is 5.56 Å². The second-order valence-electron chi connectivity index (χ2n) is 6.45. The Morgan fingerprint density at radius 3 is 2.67 bits per heavy atom. The van der Waals surface area contributed by atoms with Crippen LogP contribution in [-0.4, -0.2) is 54.3 Å². The monoisotopic (exact) mass is 419 g/mol. The third kappa shape index (κ3) is 3.67. The smallest absolute Gasteiger partial charge is 0.333 e. The normalized spacial score (nSPS) is 20.6. The van der Waals surface area contributed by atoms with Gasteiger partial charge in [-0.3, -0.25) is 29.3 Å². The number of hydrogen-bond donors (Lipinski definition) is 3. The number of ether oxygens (including phenoxy) is 2. The molecule has 2 aromatic heterocycles. The number of anilines is 1. The highest BCUT2D eigenvalue weighted by Gasteiger charge is 2.44. The summed E-state index contributed by atoms with van der Waals surface area (Å²) in [5.41, 5.74) is -2.03. The minimum Gasteiger partial charge on any atom is -0.479 e. The van der Waals surface area contributed by atoms with Crippen LogP contribution in [0, 0.1) is 12.3 Å². The van der Waals surface area contributed by atoms with Gasteiger partial charge >= 0.3 is 17.6 Å². The maximum atomic E-state index is 13.0. The number of esters is 1. The minimum absolute atomic E-state index is 0.212. The molecule has 1 fully saturated rings. The summed E-state index contributed by atoms with van der Waals surface area (Å²) in [5.74, 6) is -0.572. The van der Waals surface area contributed by atoms with E-state index < -0.39 is 47.5 Å². The highest BCUT2D eigenvalue weighted by atomic mass is 16.6. The lowest BCUT2D eigenvalue weighted by Crippen LogP contribution is -2.33. The van der Waals surface area contributed by atoms with Crippen molar-refractivity contribution in [2.75, 3.05) is 5.32 Å². The zero-order valence-electron chi connectivity index (χ0n) is 15.9. The largest absolute Gasteiger partial charge is 0.479 e. The van der Waals surface area contributed by atoms with Crippen molar-refractivity contribution >= 4 is 35.0 Å². The Bertz CT molecular complexity index is 1200. The fourth-order valence-corrected chi connectivity index (χ4v) is 3.22. The van der Waals surface area contributed by atoms with Gasteiger partial charge in [-0.2, -0.15) is 4.98 Å². The summed E-state index contributed by atoms with van der Waals surface area (Å²) in [6, 6.07) is 0. The molecule has 0 aliphatic carbocycles. The molecular formula is C17H17N5O8. The number of carboxylic acids is 1. The molecule has 0 spiro atoms. The number of carbonyl (C=O) groups is 3. The summed E-state index contributed by atoms with van der Waals surface area (Å²) < 4.78 is 12.4. The van der Waals surface area contributed by atoms with Crippen molar-refractivity contribution in [3.8, 4) is 12.3 Å². The van der Waals surface area contributed by atoms with Crippen molar-refractivity contribution in [1.82, 2.24) is 19.1 Å². The van der Waals surface area contributed by atoms with Crippen LogP contribution in [0.4, 0.5) is 5.95 Å². The quantitative estimate of drug-likeness (QED) is 0.396. The van der Waals surface area contributed by atoms with Crippen molar-refractivity contribution in [2.24, 2.45) is 0 Å². The van der Waals surface area contributed by atoms with Crippen molar-refractivity contribution in [3.63, 3.8) is 0 Å². The van der Waals surface area contributed by atoms with Gasteiger partial charge in [0, 0.05) is 20.3 Å². The highest BCUT2D eigenvalue weighted by Crippen LogP contribution is 2.32. The third-order valence-electron chi connectivity index (χ3n) is 4.27. The van der Waals surface area contributed by atoms with E-state index in [1.807, 2.05) is 0 Å². The number of amides is 1. The lowest BCUT2D eigenvalue weighted by Gasteiger charge is -2.19. The molecule has 0 unspecified atom stereocenters. The van der Waals surface area contributed by atoms with Gasteiger partial charge in [-0.15, -0.1) is 6.42 Å². The van der Waals surface area contributed by atoms with E-state index in [9.17, 15) is 29.1 Å². The van der Waals surface area contributed by atoms with Gasteiger partial charge in [-0.05, 0) is 0 Å². The Hall–Kier alpha value is -3.92. The number of aliphatic carboxylic acids is 1. The molecule has 1 saturated heterocycles. The zero-order chi connectivity index (χ0) is 22.2. The number of imidazole rings is 1. The maximum Gasteiger partial charge on any atom is 0.333 e. The summed E-state index contributed by atoms with van der Waals surface area (Å²) in [6.45, 7) is 2.02. The number of nitrogens with one attached hydrogen (secondary N) is 2. The molecule has 1 aliphatic rings. The molecule has 0 saturated carbocycles. The molecule has 1 aliphatic heterocycles. The van der Waals surface area contributed by atoms with E-state index in [2.05, 4.69) is 21.2 Å². The average molecular weight is 419 g/mol. The predicted octanol–water partition coefficient (Wildman–Crippen LogP) is -1.22. The molecule has 30 heavy (non-hydrogen) atoms. The van der Waals surface area contributed by atoms with Gasteiger partial charge in [-0.1, -0.05) is 5.92 Å². The fraction of sp³-hybridized carbons (Fsp3) is 0.412. The second-order valence-corrected chi connectivity index (χ2v) is 6.45. The molecule has 0 bridgehead atoms. The van der Waals surface area contributed by atoms with Gasteiger partial charge in [0.2, 0.25) is 11.9 Å². The summed E-state index contributed by atoms with van der Waals surface area (Å²) in [6.07, 6.45) is 1.18. The number of aromatic nitrogens is 4. The maximum absolute atomic E-state index is 13.0. The van der Waals surface area contributed by atoms with Gasteiger partial charge < -0.3 is 14.6 Å². The van der Waals surface area contributed by atoms with Gasteiger partial charge in [0.15, 0.2) is 29.6 Å². The summed E-state index contributed by atoms with van der Waals surface area (Å²) in [7, 11) is 0. The molecule has 2 aromatic rings.